The van der Waals surface area contributed by atoms with E-state index in [9.17, 15) is 4.79 Å². The second kappa shape index (κ2) is 8.76. The summed E-state index contributed by atoms with van der Waals surface area (Å²) in [5, 5.41) is 0. The zero-order valence-electron chi connectivity index (χ0n) is 13.3. The molecule has 1 amide bonds. The van der Waals surface area contributed by atoms with Crippen LogP contribution in [0.5, 0.6) is 5.75 Å². The Morgan fingerprint density at radius 1 is 1.50 bits per heavy atom. The Bertz CT molecular complexity index is 473. The highest BCUT2D eigenvalue weighted by atomic mass is 16.5. The molecule has 1 aliphatic rings. The number of hydrogen-bond donors (Lipinski definition) is 1. The molecule has 1 saturated heterocycles. The van der Waals surface area contributed by atoms with E-state index in [-0.39, 0.29) is 12.0 Å². The molecule has 0 aliphatic carbocycles. The largest absolute Gasteiger partial charge is 0.497 e. The van der Waals surface area contributed by atoms with E-state index in [0.29, 0.717) is 26.1 Å². The summed E-state index contributed by atoms with van der Waals surface area (Å²) in [6.07, 6.45) is 3.48. The minimum absolute atomic E-state index is 0.142. The molecule has 1 fully saturated rings. The molecule has 0 spiro atoms. The minimum Gasteiger partial charge on any atom is -0.497 e. The summed E-state index contributed by atoms with van der Waals surface area (Å²) in [4.78, 5) is 14.3. The van der Waals surface area contributed by atoms with Crippen molar-refractivity contribution >= 4 is 5.91 Å². The Balaban J connectivity index is 2.02. The smallest absolute Gasteiger partial charge is 0.223 e. The first-order chi connectivity index (χ1) is 10.7. The van der Waals surface area contributed by atoms with E-state index >= 15 is 0 Å². The molecule has 1 unspecified atom stereocenters. The molecule has 5 nitrogen and oxygen atoms in total. The van der Waals surface area contributed by atoms with E-state index in [1.165, 1.54) is 0 Å². The van der Waals surface area contributed by atoms with Gasteiger partial charge in [-0.05, 0) is 43.5 Å². The summed E-state index contributed by atoms with van der Waals surface area (Å²) >= 11 is 0. The number of ether oxygens (including phenoxy) is 2. The molecule has 1 aromatic rings. The molecule has 5 heteroatoms. The SMILES string of the molecule is COc1cccc(CN(CC2CCCO2)C(=O)CCCN)c1. The standard InChI is InChI=1S/C17H26N2O3/c1-21-15-6-2-5-14(11-15)12-19(17(20)8-3-9-18)13-16-7-4-10-22-16/h2,5-6,11,16H,3-4,7-10,12-13,18H2,1H3. The average molecular weight is 306 g/mol. The maximum absolute atomic E-state index is 12.4. The number of rotatable bonds is 8. The van der Waals surface area contributed by atoms with Crippen molar-refractivity contribution < 1.29 is 14.3 Å². The van der Waals surface area contributed by atoms with Crippen LogP contribution in [-0.2, 0) is 16.1 Å². The minimum atomic E-state index is 0.142. The van der Waals surface area contributed by atoms with Crippen LogP contribution in [0.15, 0.2) is 24.3 Å². The first-order valence-electron chi connectivity index (χ1n) is 7.95. The average Bonchev–Trinajstić information content (AvgIpc) is 3.05. The monoisotopic (exact) mass is 306 g/mol. The van der Waals surface area contributed by atoms with Crippen molar-refractivity contribution in [3.63, 3.8) is 0 Å². The predicted molar refractivity (Wildman–Crippen MR) is 85.7 cm³/mol. The molecule has 2 rings (SSSR count). The first-order valence-corrected chi connectivity index (χ1v) is 7.95. The van der Waals surface area contributed by atoms with Gasteiger partial charge in [-0.3, -0.25) is 4.79 Å². The fourth-order valence-electron chi connectivity index (χ4n) is 2.69. The summed E-state index contributed by atoms with van der Waals surface area (Å²) < 4.78 is 10.9. The van der Waals surface area contributed by atoms with Gasteiger partial charge in [-0.1, -0.05) is 12.1 Å². The Morgan fingerprint density at radius 2 is 2.36 bits per heavy atom. The van der Waals surface area contributed by atoms with E-state index in [2.05, 4.69) is 0 Å². The summed E-state index contributed by atoms with van der Waals surface area (Å²) in [6.45, 7) is 2.58. The number of nitrogens with zero attached hydrogens (tertiary/aromatic N) is 1. The number of benzene rings is 1. The Morgan fingerprint density at radius 3 is 3.05 bits per heavy atom. The van der Waals surface area contributed by atoms with Crippen molar-refractivity contribution in [2.75, 3.05) is 26.8 Å². The van der Waals surface area contributed by atoms with Crippen molar-refractivity contribution in [3.8, 4) is 5.75 Å². The molecule has 2 N–H and O–H groups in total. The van der Waals surface area contributed by atoms with Gasteiger partial charge in [0.25, 0.3) is 0 Å². The molecule has 1 aromatic carbocycles. The molecule has 0 bridgehead atoms. The van der Waals surface area contributed by atoms with Crippen LogP contribution >= 0.6 is 0 Å². The Kier molecular flexibility index (Phi) is 6.68. The fraction of sp³-hybridized carbons (Fsp3) is 0.588. The van der Waals surface area contributed by atoms with Crippen LogP contribution in [-0.4, -0.2) is 43.7 Å². The van der Waals surface area contributed by atoms with Crippen LogP contribution < -0.4 is 10.5 Å². The van der Waals surface area contributed by atoms with Gasteiger partial charge >= 0.3 is 0 Å². The number of amides is 1. The summed E-state index contributed by atoms with van der Waals surface area (Å²) in [5.74, 6) is 0.952. The third-order valence-electron chi connectivity index (χ3n) is 3.90. The van der Waals surface area contributed by atoms with Gasteiger partial charge in [-0.15, -0.1) is 0 Å². The van der Waals surface area contributed by atoms with Gasteiger partial charge in [0.2, 0.25) is 5.91 Å². The van der Waals surface area contributed by atoms with Crippen molar-refractivity contribution in [3.05, 3.63) is 29.8 Å². The van der Waals surface area contributed by atoms with Crippen molar-refractivity contribution in [1.82, 2.24) is 4.90 Å². The quantitative estimate of drug-likeness (QED) is 0.797. The summed E-state index contributed by atoms with van der Waals surface area (Å²) in [6, 6.07) is 7.84. The maximum atomic E-state index is 12.4. The number of methoxy groups -OCH3 is 1. The maximum Gasteiger partial charge on any atom is 0.223 e. The molecule has 0 radical (unpaired) electrons. The van der Waals surface area contributed by atoms with Gasteiger partial charge in [0, 0.05) is 26.1 Å². The molecule has 22 heavy (non-hydrogen) atoms. The highest BCUT2D eigenvalue weighted by Crippen LogP contribution is 2.18. The molecule has 122 valence electrons. The molecule has 0 aromatic heterocycles. The van der Waals surface area contributed by atoms with Gasteiger partial charge in [-0.25, -0.2) is 0 Å². The van der Waals surface area contributed by atoms with E-state index in [0.717, 1.165) is 37.2 Å². The van der Waals surface area contributed by atoms with E-state index in [1.807, 2.05) is 29.2 Å². The Hall–Kier alpha value is -1.59. The van der Waals surface area contributed by atoms with Crippen LogP contribution in [0.25, 0.3) is 0 Å². The highest BCUT2D eigenvalue weighted by molar-refractivity contribution is 5.76. The molecule has 1 atom stereocenters. The van der Waals surface area contributed by atoms with Crippen molar-refractivity contribution in [2.45, 2.75) is 38.3 Å². The molecular weight excluding hydrogens is 280 g/mol. The lowest BCUT2D eigenvalue weighted by Crippen LogP contribution is -2.37. The summed E-state index contributed by atoms with van der Waals surface area (Å²) in [7, 11) is 1.65. The molecular formula is C17H26N2O3. The van der Waals surface area contributed by atoms with Crippen LogP contribution in [0, 0.1) is 0 Å². The zero-order chi connectivity index (χ0) is 15.8. The van der Waals surface area contributed by atoms with Crippen molar-refractivity contribution in [1.29, 1.82) is 0 Å². The van der Waals surface area contributed by atoms with Crippen LogP contribution in [0.3, 0.4) is 0 Å². The van der Waals surface area contributed by atoms with Gasteiger partial charge in [0.05, 0.1) is 13.2 Å². The molecule has 1 aliphatic heterocycles. The number of nitrogens with two attached hydrogens (primary N) is 1. The normalized spacial score (nSPS) is 17.5. The van der Waals surface area contributed by atoms with E-state index in [4.69, 9.17) is 15.2 Å². The zero-order valence-corrected chi connectivity index (χ0v) is 13.3. The van der Waals surface area contributed by atoms with Gasteiger partial charge in [0.1, 0.15) is 5.75 Å². The topological polar surface area (TPSA) is 64.8 Å². The lowest BCUT2D eigenvalue weighted by Gasteiger charge is -2.26. The lowest BCUT2D eigenvalue weighted by molar-refractivity contribution is -0.133. The number of hydrogen-bond acceptors (Lipinski definition) is 4. The van der Waals surface area contributed by atoms with Crippen LogP contribution in [0.1, 0.15) is 31.2 Å². The second-order valence-corrected chi connectivity index (χ2v) is 5.65. The third kappa shape index (κ3) is 5.00. The number of carbonyl (C=O) groups is 1. The Labute approximate surface area is 132 Å². The summed E-state index contributed by atoms with van der Waals surface area (Å²) in [5.41, 5.74) is 6.59. The third-order valence-corrected chi connectivity index (χ3v) is 3.90. The highest BCUT2D eigenvalue weighted by Gasteiger charge is 2.22. The van der Waals surface area contributed by atoms with Crippen LogP contribution in [0.4, 0.5) is 0 Å². The van der Waals surface area contributed by atoms with Gasteiger partial charge in [-0.2, -0.15) is 0 Å². The van der Waals surface area contributed by atoms with Crippen LogP contribution in [0.2, 0.25) is 0 Å². The van der Waals surface area contributed by atoms with Crippen molar-refractivity contribution in [2.24, 2.45) is 5.73 Å². The molecule has 0 saturated carbocycles. The fourth-order valence-corrected chi connectivity index (χ4v) is 2.69. The van der Waals surface area contributed by atoms with Gasteiger partial charge < -0.3 is 20.1 Å². The van der Waals surface area contributed by atoms with Gasteiger partial charge in [0.15, 0.2) is 0 Å². The molecule has 1 heterocycles. The van der Waals surface area contributed by atoms with E-state index in [1.54, 1.807) is 7.11 Å². The van der Waals surface area contributed by atoms with E-state index < -0.39 is 0 Å². The number of carbonyl (C=O) groups excluding carboxylic acids is 1. The predicted octanol–water partition coefficient (Wildman–Crippen LogP) is 1.94. The second-order valence-electron chi connectivity index (χ2n) is 5.65. The lowest BCUT2D eigenvalue weighted by atomic mass is 10.1. The first kappa shape index (κ1) is 16.8.